The Labute approximate surface area is 147 Å². The molecule has 0 saturated carbocycles. The number of nitrogens with zero attached hydrogens (tertiary/aromatic N) is 2. The standard InChI is InChI=1S/C17H24N4O4/c1-20(2)9-8-18-15(22)10-14-16(23)21(17(24)19-14)11-12-4-6-13(25-3)7-5-12/h4-7,14H,8-11H2,1-3H3,(H,18,22)(H,19,24). The van der Waals surface area contributed by atoms with Crippen LogP contribution in [-0.2, 0) is 16.1 Å². The van der Waals surface area contributed by atoms with Gasteiger partial charge < -0.3 is 20.3 Å². The van der Waals surface area contributed by atoms with E-state index in [4.69, 9.17) is 4.74 Å². The molecule has 1 saturated heterocycles. The van der Waals surface area contributed by atoms with Crippen LogP contribution in [0.5, 0.6) is 5.75 Å². The van der Waals surface area contributed by atoms with Gasteiger partial charge in [0.2, 0.25) is 5.91 Å². The lowest BCUT2D eigenvalue weighted by Crippen LogP contribution is -2.38. The molecule has 0 spiro atoms. The minimum absolute atomic E-state index is 0.0584. The molecule has 2 rings (SSSR count). The normalized spacial score (nSPS) is 17.0. The minimum Gasteiger partial charge on any atom is -0.497 e. The summed E-state index contributed by atoms with van der Waals surface area (Å²) in [6.07, 6.45) is -0.0584. The van der Waals surface area contributed by atoms with Gasteiger partial charge in [0.05, 0.1) is 20.1 Å². The molecule has 0 aromatic heterocycles. The maximum absolute atomic E-state index is 12.4. The van der Waals surface area contributed by atoms with Gasteiger partial charge in [-0.05, 0) is 31.8 Å². The Hall–Kier alpha value is -2.61. The van der Waals surface area contributed by atoms with Crippen LogP contribution in [-0.4, -0.2) is 68.0 Å². The highest BCUT2D eigenvalue weighted by Crippen LogP contribution is 2.16. The molecule has 1 atom stereocenters. The summed E-state index contributed by atoms with van der Waals surface area (Å²) >= 11 is 0. The van der Waals surface area contributed by atoms with Crippen LogP contribution in [0.3, 0.4) is 0 Å². The van der Waals surface area contributed by atoms with E-state index in [1.807, 2.05) is 19.0 Å². The summed E-state index contributed by atoms with van der Waals surface area (Å²) in [5.74, 6) is 0.0589. The Bertz CT molecular complexity index is 630. The second kappa shape index (κ2) is 8.48. The van der Waals surface area contributed by atoms with Crippen molar-refractivity contribution in [2.24, 2.45) is 0 Å². The minimum atomic E-state index is -0.815. The number of hydrogen-bond donors (Lipinski definition) is 2. The molecule has 8 nitrogen and oxygen atoms in total. The molecule has 1 aliphatic rings. The highest BCUT2D eigenvalue weighted by Gasteiger charge is 2.38. The second-order valence-corrected chi connectivity index (χ2v) is 6.13. The molecule has 8 heteroatoms. The van der Waals surface area contributed by atoms with E-state index in [9.17, 15) is 14.4 Å². The number of imide groups is 1. The van der Waals surface area contributed by atoms with E-state index >= 15 is 0 Å². The lowest BCUT2D eigenvalue weighted by Gasteiger charge is -2.14. The maximum Gasteiger partial charge on any atom is 0.325 e. The molecule has 1 aromatic carbocycles. The third-order valence-electron chi connectivity index (χ3n) is 3.88. The fourth-order valence-electron chi connectivity index (χ4n) is 2.45. The van der Waals surface area contributed by atoms with Gasteiger partial charge in [-0.2, -0.15) is 0 Å². The zero-order valence-corrected chi connectivity index (χ0v) is 14.7. The van der Waals surface area contributed by atoms with Crippen molar-refractivity contribution in [1.29, 1.82) is 0 Å². The molecule has 1 heterocycles. The van der Waals surface area contributed by atoms with Gasteiger partial charge in [0, 0.05) is 13.1 Å². The number of methoxy groups -OCH3 is 1. The largest absolute Gasteiger partial charge is 0.497 e. The van der Waals surface area contributed by atoms with Crippen LogP contribution in [0.15, 0.2) is 24.3 Å². The first kappa shape index (κ1) is 18.7. The molecule has 4 amide bonds. The van der Waals surface area contributed by atoms with Crippen molar-refractivity contribution < 1.29 is 19.1 Å². The van der Waals surface area contributed by atoms with Gasteiger partial charge in [0.25, 0.3) is 5.91 Å². The van der Waals surface area contributed by atoms with E-state index in [1.165, 1.54) is 0 Å². The van der Waals surface area contributed by atoms with Gasteiger partial charge in [0.15, 0.2) is 0 Å². The van der Waals surface area contributed by atoms with Crippen molar-refractivity contribution in [2.45, 2.75) is 19.0 Å². The summed E-state index contributed by atoms with van der Waals surface area (Å²) in [7, 11) is 5.38. The molecule has 1 aromatic rings. The van der Waals surface area contributed by atoms with Gasteiger partial charge in [-0.3, -0.25) is 14.5 Å². The molecule has 1 unspecified atom stereocenters. The molecular weight excluding hydrogens is 324 g/mol. The van der Waals surface area contributed by atoms with E-state index in [-0.39, 0.29) is 24.8 Å². The zero-order valence-electron chi connectivity index (χ0n) is 14.7. The van der Waals surface area contributed by atoms with Gasteiger partial charge in [0.1, 0.15) is 11.8 Å². The monoisotopic (exact) mass is 348 g/mol. The molecule has 0 radical (unpaired) electrons. The summed E-state index contributed by atoms with van der Waals surface area (Å²) < 4.78 is 5.08. The fraction of sp³-hybridized carbons (Fsp3) is 0.471. The Morgan fingerprint density at radius 1 is 1.28 bits per heavy atom. The Kier molecular flexibility index (Phi) is 6.35. The van der Waals surface area contributed by atoms with E-state index in [0.717, 1.165) is 10.5 Å². The summed E-state index contributed by atoms with van der Waals surface area (Å²) in [5, 5.41) is 5.31. The van der Waals surface area contributed by atoms with Crippen molar-refractivity contribution in [1.82, 2.24) is 20.4 Å². The first-order valence-electron chi connectivity index (χ1n) is 8.07. The Morgan fingerprint density at radius 2 is 1.96 bits per heavy atom. The van der Waals surface area contributed by atoms with Gasteiger partial charge >= 0.3 is 6.03 Å². The van der Waals surface area contributed by atoms with E-state index < -0.39 is 12.1 Å². The highest BCUT2D eigenvalue weighted by atomic mass is 16.5. The number of benzene rings is 1. The van der Waals surface area contributed by atoms with Crippen molar-refractivity contribution in [3.8, 4) is 5.75 Å². The molecule has 1 aliphatic heterocycles. The summed E-state index contributed by atoms with van der Waals surface area (Å²) in [4.78, 5) is 39.4. The number of carbonyl (C=O) groups excluding carboxylic acids is 3. The quantitative estimate of drug-likeness (QED) is 0.654. The summed E-state index contributed by atoms with van der Waals surface area (Å²) in [6, 6.07) is 5.82. The van der Waals surface area contributed by atoms with Crippen molar-refractivity contribution in [3.63, 3.8) is 0 Å². The number of rotatable bonds is 8. The van der Waals surface area contributed by atoms with Crippen molar-refractivity contribution >= 4 is 17.8 Å². The van der Waals surface area contributed by atoms with E-state index in [1.54, 1.807) is 31.4 Å². The predicted molar refractivity (Wildman–Crippen MR) is 92.0 cm³/mol. The van der Waals surface area contributed by atoms with Crippen LogP contribution in [0.1, 0.15) is 12.0 Å². The number of nitrogens with one attached hydrogen (secondary N) is 2. The number of urea groups is 1. The number of ether oxygens (including phenoxy) is 1. The van der Waals surface area contributed by atoms with Crippen LogP contribution >= 0.6 is 0 Å². The third-order valence-corrected chi connectivity index (χ3v) is 3.88. The van der Waals surface area contributed by atoms with Gasteiger partial charge in [-0.1, -0.05) is 12.1 Å². The SMILES string of the molecule is COc1ccc(CN2C(=O)NC(CC(=O)NCCN(C)C)C2=O)cc1. The fourth-order valence-corrected chi connectivity index (χ4v) is 2.45. The van der Waals surface area contributed by atoms with Crippen molar-refractivity contribution in [2.75, 3.05) is 34.3 Å². The van der Waals surface area contributed by atoms with Crippen molar-refractivity contribution in [3.05, 3.63) is 29.8 Å². The molecule has 25 heavy (non-hydrogen) atoms. The lowest BCUT2D eigenvalue weighted by atomic mass is 10.1. The highest BCUT2D eigenvalue weighted by molar-refractivity contribution is 6.05. The number of hydrogen-bond acceptors (Lipinski definition) is 5. The molecular formula is C17H24N4O4. The molecule has 2 N–H and O–H groups in total. The van der Waals surface area contributed by atoms with E-state index in [0.29, 0.717) is 18.8 Å². The topological polar surface area (TPSA) is 91.0 Å². The first-order chi connectivity index (χ1) is 11.9. The summed E-state index contributed by atoms with van der Waals surface area (Å²) in [6.45, 7) is 1.37. The maximum atomic E-state index is 12.4. The van der Waals surface area contributed by atoms with Crippen LogP contribution < -0.4 is 15.4 Å². The Balaban J connectivity index is 1.89. The Morgan fingerprint density at radius 3 is 2.56 bits per heavy atom. The zero-order chi connectivity index (χ0) is 18.4. The van der Waals surface area contributed by atoms with E-state index in [2.05, 4.69) is 10.6 Å². The van der Waals surface area contributed by atoms with Crippen LogP contribution in [0, 0.1) is 0 Å². The van der Waals surface area contributed by atoms with Crippen LogP contribution in [0.25, 0.3) is 0 Å². The predicted octanol–water partition coefficient (Wildman–Crippen LogP) is 0.184. The third kappa shape index (κ3) is 5.18. The number of amides is 4. The average Bonchev–Trinajstić information content (AvgIpc) is 2.82. The average molecular weight is 348 g/mol. The molecule has 1 fully saturated rings. The van der Waals surface area contributed by atoms with Gasteiger partial charge in [-0.15, -0.1) is 0 Å². The van der Waals surface area contributed by atoms with Gasteiger partial charge in [-0.25, -0.2) is 4.79 Å². The molecule has 0 aliphatic carbocycles. The summed E-state index contributed by atoms with van der Waals surface area (Å²) in [5.41, 5.74) is 0.806. The first-order valence-corrected chi connectivity index (χ1v) is 8.07. The van der Waals surface area contributed by atoms with Crippen LogP contribution in [0.2, 0.25) is 0 Å². The second-order valence-electron chi connectivity index (χ2n) is 6.13. The number of likely N-dealkylation sites (N-methyl/N-ethyl adjacent to an activating group) is 1. The molecule has 136 valence electrons. The number of carbonyl (C=O) groups is 3. The lowest BCUT2D eigenvalue weighted by molar-refractivity contribution is -0.131. The van der Waals surface area contributed by atoms with Crippen LogP contribution in [0.4, 0.5) is 4.79 Å². The smallest absolute Gasteiger partial charge is 0.325 e. The molecule has 0 bridgehead atoms.